The summed E-state index contributed by atoms with van der Waals surface area (Å²) in [5.74, 6) is -0.157. The Morgan fingerprint density at radius 2 is 2.43 bits per heavy atom. The standard InChI is InChI=1S/C4H4O2.Na/c5-4-2-1-3-6-4;/h1,3H,2H2;. The number of carbonyl (C=O) groups is 1. The Bertz CT molecular complexity index is 87.9. The maximum Gasteiger partial charge on any atom is 0.314 e. The minimum Gasteiger partial charge on any atom is -0.435 e. The topological polar surface area (TPSA) is 26.3 Å². The molecule has 1 rings (SSSR count). The van der Waals surface area contributed by atoms with Crippen molar-refractivity contribution < 1.29 is 9.53 Å². The molecule has 0 atom stereocenters. The fraction of sp³-hybridized carbons (Fsp3) is 0.250. The van der Waals surface area contributed by atoms with E-state index in [0.717, 1.165) is 0 Å². The van der Waals surface area contributed by atoms with Crippen molar-refractivity contribution in [3.63, 3.8) is 0 Å². The van der Waals surface area contributed by atoms with E-state index in [1.165, 1.54) is 6.26 Å². The van der Waals surface area contributed by atoms with Gasteiger partial charge in [0.1, 0.15) is 0 Å². The molecule has 1 aliphatic rings. The van der Waals surface area contributed by atoms with Crippen LogP contribution in [0.5, 0.6) is 0 Å². The molecule has 1 radical (unpaired) electrons. The molecule has 0 aliphatic carbocycles. The molecule has 0 fully saturated rings. The molecule has 0 spiro atoms. The van der Waals surface area contributed by atoms with Crippen molar-refractivity contribution in [2.45, 2.75) is 6.42 Å². The van der Waals surface area contributed by atoms with E-state index in [9.17, 15) is 4.79 Å². The zero-order valence-corrected chi connectivity index (χ0v) is 6.18. The van der Waals surface area contributed by atoms with Gasteiger partial charge in [-0.05, 0) is 6.08 Å². The summed E-state index contributed by atoms with van der Waals surface area (Å²) in [6, 6.07) is 0. The molecule has 2 nitrogen and oxygen atoms in total. The predicted octanol–water partition coefficient (Wildman–Crippen LogP) is 0.0662. The first kappa shape index (κ1) is 7.21. The minimum absolute atomic E-state index is 0. The van der Waals surface area contributed by atoms with E-state index in [2.05, 4.69) is 4.74 Å². The van der Waals surface area contributed by atoms with Gasteiger partial charge < -0.3 is 4.74 Å². The Kier molecular flexibility index (Phi) is 3.34. The van der Waals surface area contributed by atoms with E-state index in [1.807, 2.05) is 0 Å². The number of esters is 1. The third kappa shape index (κ3) is 2.12. The average molecular weight is 107 g/mol. The summed E-state index contributed by atoms with van der Waals surface area (Å²) >= 11 is 0. The second-order valence-electron chi connectivity index (χ2n) is 1.07. The van der Waals surface area contributed by atoms with Gasteiger partial charge in [0.2, 0.25) is 0 Å². The van der Waals surface area contributed by atoms with Crippen LogP contribution in [-0.2, 0) is 9.53 Å². The number of rotatable bonds is 0. The van der Waals surface area contributed by atoms with E-state index in [4.69, 9.17) is 0 Å². The Labute approximate surface area is 63.8 Å². The van der Waals surface area contributed by atoms with Gasteiger partial charge in [0.05, 0.1) is 12.7 Å². The van der Waals surface area contributed by atoms with E-state index in [-0.39, 0.29) is 35.5 Å². The summed E-state index contributed by atoms with van der Waals surface area (Å²) in [4.78, 5) is 9.96. The molecule has 0 saturated heterocycles. The van der Waals surface area contributed by atoms with E-state index in [1.54, 1.807) is 6.08 Å². The Morgan fingerprint density at radius 1 is 1.71 bits per heavy atom. The van der Waals surface area contributed by atoms with Crippen LogP contribution in [0.1, 0.15) is 6.42 Å². The molecule has 0 N–H and O–H groups in total. The van der Waals surface area contributed by atoms with Crippen LogP contribution in [0.4, 0.5) is 0 Å². The maximum absolute atomic E-state index is 9.96. The molecule has 0 unspecified atom stereocenters. The van der Waals surface area contributed by atoms with E-state index >= 15 is 0 Å². The summed E-state index contributed by atoms with van der Waals surface area (Å²) in [6.07, 6.45) is 3.53. The third-order valence-electron chi connectivity index (χ3n) is 0.580. The minimum atomic E-state index is -0.157. The fourth-order valence-electron chi connectivity index (χ4n) is 0.316. The van der Waals surface area contributed by atoms with Crippen LogP contribution >= 0.6 is 0 Å². The molecule has 1 heterocycles. The van der Waals surface area contributed by atoms with Crippen molar-refractivity contribution >= 4 is 35.5 Å². The van der Waals surface area contributed by atoms with Gasteiger partial charge in [0.25, 0.3) is 0 Å². The van der Waals surface area contributed by atoms with Crippen LogP contribution in [0.25, 0.3) is 0 Å². The fourth-order valence-corrected chi connectivity index (χ4v) is 0.316. The molecular formula is C4H4NaO2. The van der Waals surface area contributed by atoms with Crippen LogP contribution in [0, 0.1) is 0 Å². The van der Waals surface area contributed by atoms with Crippen molar-refractivity contribution in [3.05, 3.63) is 12.3 Å². The number of hydrogen-bond acceptors (Lipinski definition) is 2. The Morgan fingerprint density at radius 3 is 2.57 bits per heavy atom. The van der Waals surface area contributed by atoms with E-state index < -0.39 is 0 Å². The molecule has 0 aromatic carbocycles. The first-order chi connectivity index (χ1) is 2.89. The third-order valence-corrected chi connectivity index (χ3v) is 0.580. The first-order valence-electron chi connectivity index (χ1n) is 1.74. The first-order valence-corrected chi connectivity index (χ1v) is 1.74. The average Bonchev–Trinajstić information content (AvgIpc) is 1.86. The summed E-state index contributed by atoms with van der Waals surface area (Å²) in [7, 11) is 0. The number of carbonyl (C=O) groups excluding carboxylic acids is 1. The molecule has 0 aromatic rings. The van der Waals surface area contributed by atoms with E-state index in [0.29, 0.717) is 6.42 Å². The van der Waals surface area contributed by atoms with Crippen LogP contribution in [0.2, 0.25) is 0 Å². The van der Waals surface area contributed by atoms with Gasteiger partial charge in [-0.3, -0.25) is 4.79 Å². The summed E-state index contributed by atoms with van der Waals surface area (Å²) in [6.45, 7) is 0. The molecule has 1 aliphatic heterocycles. The zero-order chi connectivity index (χ0) is 4.41. The van der Waals surface area contributed by atoms with Gasteiger partial charge in [-0.2, -0.15) is 0 Å². The van der Waals surface area contributed by atoms with Crippen molar-refractivity contribution in [3.8, 4) is 0 Å². The van der Waals surface area contributed by atoms with Gasteiger partial charge >= 0.3 is 5.97 Å². The molecular weight excluding hydrogens is 103 g/mol. The Balaban J connectivity index is 0.000000360. The Hall–Kier alpha value is 0.210. The van der Waals surface area contributed by atoms with Crippen molar-refractivity contribution in [1.29, 1.82) is 0 Å². The van der Waals surface area contributed by atoms with Gasteiger partial charge in [-0.15, -0.1) is 0 Å². The zero-order valence-electron chi connectivity index (χ0n) is 4.18. The summed E-state index contributed by atoms with van der Waals surface area (Å²) in [5.41, 5.74) is 0. The molecule has 0 bridgehead atoms. The quantitative estimate of drug-likeness (QED) is 0.323. The van der Waals surface area contributed by atoms with Gasteiger partial charge in [0, 0.05) is 29.6 Å². The van der Waals surface area contributed by atoms with Crippen LogP contribution in [0.15, 0.2) is 12.3 Å². The normalized spacial score (nSPS) is 15.7. The van der Waals surface area contributed by atoms with Crippen molar-refractivity contribution in [2.75, 3.05) is 0 Å². The number of ether oxygens (including phenoxy) is 1. The number of cyclic esters (lactones) is 1. The van der Waals surface area contributed by atoms with Crippen molar-refractivity contribution in [1.82, 2.24) is 0 Å². The van der Waals surface area contributed by atoms with Gasteiger partial charge in [-0.25, -0.2) is 0 Å². The second-order valence-corrected chi connectivity index (χ2v) is 1.07. The van der Waals surface area contributed by atoms with Crippen LogP contribution < -0.4 is 0 Å². The second kappa shape index (κ2) is 3.24. The molecule has 7 heavy (non-hydrogen) atoms. The largest absolute Gasteiger partial charge is 0.435 e. The van der Waals surface area contributed by atoms with Gasteiger partial charge in [-0.1, -0.05) is 0 Å². The SMILES string of the molecule is O=C1CC=CO1.[Na]. The van der Waals surface area contributed by atoms with Crippen LogP contribution in [0.3, 0.4) is 0 Å². The number of hydrogen-bond donors (Lipinski definition) is 0. The smallest absolute Gasteiger partial charge is 0.314 e. The van der Waals surface area contributed by atoms with Crippen molar-refractivity contribution in [2.24, 2.45) is 0 Å². The maximum atomic E-state index is 9.96. The van der Waals surface area contributed by atoms with Gasteiger partial charge in [0.15, 0.2) is 0 Å². The molecule has 0 saturated carbocycles. The monoisotopic (exact) mass is 107 g/mol. The molecule has 0 amide bonds. The molecule has 33 valence electrons. The predicted molar refractivity (Wildman–Crippen MR) is 25.6 cm³/mol. The van der Waals surface area contributed by atoms with Crippen LogP contribution in [-0.4, -0.2) is 35.5 Å². The summed E-state index contributed by atoms with van der Waals surface area (Å²) in [5, 5.41) is 0. The summed E-state index contributed by atoms with van der Waals surface area (Å²) < 4.78 is 4.33. The molecule has 3 heteroatoms. The molecule has 0 aromatic heterocycles.